The number of phenolic OH excluding ortho intramolecular Hbond substituents is 1. The minimum atomic E-state index is -4.51. The van der Waals surface area contributed by atoms with Crippen LogP contribution in [0.4, 0.5) is 18.9 Å². The van der Waals surface area contributed by atoms with E-state index in [1.807, 2.05) is 0 Å². The van der Waals surface area contributed by atoms with E-state index in [9.17, 15) is 23.1 Å². The van der Waals surface area contributed by atoms with Gasteiger partial charge in [0.05, 0.1) is 11.1 Å². The molecule has 0 radical (unpaired) electrons. The van der Waals surface area contributed by atoms with Crippen LogP contribution in [0.2, 0.25) is 5.02 Å². The number of aromatic hydroxyl groups is 1. The summed E-state index contributed by atoms with van der Waals surface area (Å²) in [6.45, 7) is 1.26. The van der Waals surface area contributed by atoms with Crippen molar-refractivity contribution >= 4 is 23.2 Å². The van der Waals surface area contributed by atoms with Gasteiger partial charge in [0.15, 0.2) is 0 Å². The van der Waals surface area contributed by atoms with Gasteiger partial charge in [-0.15, -0.1) is 0 Å². The van der Waals surface area contributed by atoms with Crippen molar-refractivity contribution in [3.05, 3.63) is 58.1 Å². The van der Waals surface area contributed by atoms with Crippen LogP contribution in [0.25, 0.3) is 0 Å². The van der Waals surface area contributed by atoms with Gasteiger partial charge < -0.3 is 10.4 Å². The van der Waals surface area contributed by atoms with Gasteiger partial charge in [-0.2, -0.15) is 13.2 Å². The quantitative estimate of drug-likeness (QED) is 0.844. The summed E-state index contributed by atoms with van der Waals surface area (Å²) in [6, 6.07) is 7.34. The van der Waals surface area contributed by atoms with Gasteiger partial charge in [0.1, 0.15) is 5.75 Å². The third kappa shape index (κ3) is 3.33. The third-order valence-electron chi connectivity index (χ3n) is 3.09. The van der Waals surface area contributed by atoms with Crippen LogP contribution >= 0.6 is 11.6 Å². The lowest BCUT2D eigenvalue weighted by molar-refractivity contribution is -0.138. The molecule has 0 fully saturated rings. The molecule has 0 aliphatic heterocycles. The van der Waals surface area contributed by atoms with E-state index in [1.54, 1.807) is 0 Å². The fourth-order valence-electron chi connectivity index (χ4n) is 1.96. The van der Waals surface area contributed by atoms with Crippen molar-refractivity contribution in [1.82, 2.24) is 0 Å². The Morgan fingerprint density at radius 2 is 1.91 bits per heavy atom. The van der Waals surface area contributed by atoms with Gasteiger partial charge in [-0.05, 0) is 42.8 Å². The first kappa shape index (κ1) is 16.2. The summed E-state index contributed by atoms with van der Waals surface area (Å²) in [4.78, 5) is 12.1. The summed E-state index contributed by atoms with van der Waals surface area (Å²) < 4.78 is 38.5. The van der Waals surface area contributed by atoms with Crippen molar-refractivity contribution in [2.75, 3.05) is 5.32 Å². The Kier molecular flexibility index (Phi) is 4.32. The number of carbonyl (C=O) groups is 1. The van der Waals surface area contributed by atoms with Crippen LogP contribution in [0.15, 0.2) is 36.4 Å². The Morgan fingerprint density at radius 3 is 2.55 bits per heavy atom. The molecule has 0 bridgehead atoms. The molecular formula is C15H11ClF3NO2. The van der Waals surface area contributed by atoms with Crippen LogP contribution in [-0.4, -0.2) is 11.0 Å². The van der Waals surface area contributed by atoms with E-state index in [0.717, 1.165) is 6.07 Å². The average molecular weight is 330 g/mol. The van der Waals surface area contributed by atoms with Gasteiger partial charge in [-0.25, -0.2) is 0 Å². The van der Waals surface area contributed by atoms with E-state index in [4.69, 9.17) is 11.6 Å². The highest BCUT2D eigenvalue weighted by molar-refractivity contribution is 6.31. The molecule has 0 saturated carbocycles. The maximum absolute atomic E-state index is 12.8. The molecule has 2 rings (SSSR count). The second-order valence-electron chi connectivity index (χ2n) is 4.59. The molecule has 0 unspecified atom stereocenters. The first-order valence-electron chi connectivity index (χ1n) is 6.17. The van der Waals surface area contributed by atoms with Crippen LogP contribution in [0.1, 0.15) is 21.5 Å². The Bertz CT molecular complexity index is 729. The molecule has 0 saturated heterocycles. The summed E-state index contributed by atoms with van der Waals surface area (Å²) in [5.74, 6) is -1.06. The molecule has 7 heteroatoms. The van der Waals surface area contributed by atoms with Gasteiger partial charge in [0, 0.05) is 10.7 Å². The van der Waals surface area contributed by atoms with Gasteiger partial charge in [-0.3, -0.25) is 4.79 Å². The van der Waals surface area contributed by atoms with E-state index >= 15 is 0 Å². The number of hydrogen-bond donors (Lipinski definition) is 2. The highest BCUT2D eigenvalue weighted by Gasteiger charge is 2.33. The molecule has 0 heterocycles. The molecule has 0 atom stereocenters. The van der Waals surface area contributed by atoms with Crippen molar-refractivity contribution in [1.29, 1.82) is 0 Å². The van der Waals surface area contributed by atoms with Crippen molar-refractivity contribution in [3.63, 3.8) is 0 Å². The molecule has 2 aromatic carbocycles. The predicted molar refractivity (Wildman–Crippen MR) is 77.3 cm³/mol. The number of benzene rings is 2. The van der Waals surface area contributed by atoms with E-state index < -0.39 is 17.6 Å². The zero-order valence-electron chi connectivity index (χ0n) is 11.3. The highest BCUT2D eigenvalue weighted by Crippen LogP contribution is 2.34. The minimum absolute atomic E-state index is 0.0131. The topological polar surface area (TPSA) is 49.3 Å². The molecule has 22 heavy (non-hydrogen) atoms. The summed E-state index contributed by atoms with van der Waals surface area (Å²) >= 11 is 5.74. The lowest BCUT2D eigenvalue weighted by atomic mass is 10.1. The lowest BCUT2D eigenvalue weighted by Crippen LogP contribution is -2.15. The number of nitrogens with one attached hydrogen (secondary N) is 1. The van der Waals surface area contributed by atoms with Crippen LogP contribution < -0.4 is 5.32 Å². The van der Waals surface area contributed by atoms with Crippen LogP contribution in [0.3, 0.4) is 0 Å². The van der Waals surface area contributed by atoms with Crippen LogP contribution in [-0.2, 0) is 6.18 Å². The minimum Gasteiger partial charge on any atom is -0.507 e. The first-order chi connectivity index (χ1) is 10.2. The zero-order chi connectivity index (χ0) is 16.5. The Morgan fingerprint density at radius 1 is 1.23 bits per heavy atom. The molecule has 2 N–H and O–H groups in total. The standard InChI is InChI=1S/C15H11ClF3NO2/c1-8-11(15(17,18)19)3-2-4-12(8)20-14(22)10-7-9(16)5-6-13(10)21/h2-7,21H,1H3,(H,20,22). The van der Waals surface area contributed by atoms with E-state index in [-0.39, 0.29) is 27.6 Å². The summed E-state index contributed by atoms with van der Waals surface area (Å²) in [7, 11) is 0. The SMILES string of the molecule is Cc1c(NC(=O)c2cc(Cl)ccc2O)cccc1C(F)(F)F. The second-order valence-corrected chi connectivity index (χ2v) is 5.03. The van der Waals surface area contributed by atoms with E-state index in [0.29, 0.717) is 0 Å². The van der Waals surface area contributed by atoms with Crippen LogP contribution in [0, 0.1) is 6.92 Å². The fraction of sp³-hybridized carbons (Fsp3) is 0.133. The summed E-state index contributed by atoms with van der Waals surface area (Å²) in [5.41, 5.74) is -1.05. The van der Waals surface area contributed by atoms with Gasteiger partial charge in [-0.1, -0.05) is 17.7 Å². The molecule has 2 aromatic rings. The number of anilines is 1. The van der Waals surface area contributed by atoms with Gasteiger partial charge in [0.25, 0.3) is 5.91 Å². The summed E-state index contributed by atoms with van der Waals surface area (Å²) in [5, 5.41) is 12.2. The molecule has 1 amide bonds. The van der Waals surface area contributed by atoms with Gasteiger partial charge >= 0.3 is 6.18 Å². The number of hydrogen-bond acceptors (Lipinski definition) is 2. The Balaban J connectivity index is 2.35. The zero-order valence-corrected chi connectivity index (χ0v) is 12.1. The van der Waals surface area contributed by atoms with Gasteiger partial charge in [0.2, 0.25) is 0 Å². The molecule has 0 spiro atoms. The van der Waals surface area contributed by atoms with Crippen molar-refractivity contribution in [2.24, 2.45) is 0 Å². The van der Waals surface area contributed by atoms with Crippen molar-refractivity contribution in [3.8, 4) is 5.75 Å². The first-order valence-corrected chi connectivity index (χ1v) is 6.54. The average Bonchev–Trinajstić information content (AvgIpc) is 2.42. The molecular weight excluding hydrogens is 319 g/mol. The number of alkyl halides is 3. The number of halogens is 4. The summed E-state index contributed by atoms with van der Waals surface area (Å²) in [6.07, 6.45) is -4.51. The maximum Gasteiger partial charge on any atom is 0.416 e. The van der Waals surface area contributed by atoms with Crippen LogP contribution in [0.5, 0.6) is 5.75 Å². The van der Waals surface area contributed by atoms with E-state index in [2.05, 4.69) is 5.32 Å². The monoisotopic (exact) mass is 329 g/mol. The molecule has 3 nitrogen and oxygen atoms in total. The highest BCUT2D eigenvalue weighted by atomic mass is 35.5. The number of amides is 1. The van der Waals surface area contributed by atoms with Crippen molar-refractivity contribution < 1.29 is 23.1 Å². The predicted octanol–water partition coefficient (Wildman–Crippen LogP) is 4.63. The number of rotatable bonds is 2. The normalized spacial score (nSPS) is 11.3. The second kappa shape index (κ2) is 5.88. The fourth-order valence-corrected chi connectivity index (χ4v) is 2.13. The maximum atomic E-state index is 12.8. The molecule has 0 aliphatic rings. The molecule has 116 valence electrons. The molecule has 0 aliphatic carbocycles. The largest absolute Gasteiger partial charge is 0.507 e. The van der Waals surface area contributed by atoms with E-state index in [1.165, 1.54) is 37.3 Å². The number of carbonyl (C=O) groups excluding carboxylic acids is 1. The van der Waals surface area contributed by atoms with Crippen molar-refractivity contribution in [2.45, 2.75) is 13.1 Å². The smallest absolute Gasteiger partial charge is 0.416 e. The Labute approximate surface area is 129 Å². The Hall–Kier alpha value is -2.21. The number of phenols is 1. The molecule has 0 aromatic heterocycles. The third-order valence-corrected chi connectivity index (χ3v) is 3.33. The lowest BCUT2D eigenvalue weighted by Gasteiger charge is -2.15.